The van der Waals surface area contributed by atoms with Crippen LogP contribution in [0.15, 0.2) is 52.0 Å². The lowest BCUT2D eigenvalue weighted by molar-refractivity contribution is -0.274. The minimum absolute atomic E-state index is 0.0920. The summed E-state index contributed by atoms with van der Waals surface area (Å²) in [5, 5.41) is 2.99. The molecule has 4 heterocycles. The maximum Gasteiger partial charge on any atom is 0.573 e. The van der Waals surface area contributed by atoms with E-state index in [1.54, 1.807) is 18.2 Å². The Morgan fingerprint density at radius 1 is 1.17 bits per heavy atom. The first-order valence-corrected chi connectivity index (χ1v) is 12.2. The molecule has 0 spiro atoms. The van der Waals surface area contributed by atoms with E-state index in [1.165, 1.54) is 23.0 Å². The molecule has 188 valence electrons. The van der Waals surface area contributed by atoms with Crippen molar-refractivity contribution in [3.05, 3.63) is 57.6 Å². The van der Waals surface area contributed by atoms with Crippen LogP contribution >= 0.6 is 15.9 Å². The average molecular weight is 565 g/mol. The zero-order valence-electron chi connectivity index (χ0n) is 18.7. The SMILES string of the molecule is O=C(Nc1cc(-n2cnc3cc(Br)ccc3c2=O)ccc1OC(F)(F)F)C1(N2CC3CC(C2)O3)CC1. The van der Waals surface area contributed by atoms with Gasteiger partial charge in [0.1, 0.15) is 11.9 Å². The van der Waals surface area contributed by atoms with E-state index in [0.717, 1.165) is 17.0 Å². The highest BCUT2D eigenvalue weighted by atomic mass is 79.9. The normalized spacial score (nSPS) is 22.7. The summed E-state index contributed by atoms with van der Waals surface area (Å²) in [6, 6.07) is 8.69. The zero-order chi connectivity index (χ0) is 25.2. The van der Waals surface area contributed by atoms with Crippen molar-refractivity contribution in [2.75, 3.05) is 18.4 Å². The van der Waals surface area contributed by atoms with Crippen LogP contribution in [0, 0.1) is 0 Å². The van der Waals surface area contributed by atoms with Crippen LogP contribution in [0.5, 0.6) is 5.75 Å². The van der Waals surface area contributed by atoms with Gasteiger partial charge in [-0.05, 0) is 49.2 Å². The van der Waals surface area contributed by atoms with Crippen molar-refractivity contribution in [1.29, 1.82) is 0 Å². The van der Waals surface area contributed by atoms with Gasteiger partial charge in [0, 0.05) is 24.0 Å². The number of hydrogen-bond acceptors (Lipinski definition) is 6. The van der Waals surface area contributed by atoms with E-state index in [9.17, 15) is 22.8 Å². The van der Waals surface area contributed by atoms with Crippen molar-refractivity contribution in [3.8, 4) is 11.4 Å². The lowest BCUT2D eigenvalue weighted by atomic mass is 9.96. The molecular formula is C24H20BrF3N4O4. The summed E-state index contributed by atoms with van der Waals surface area (Å²) in [6.07, 6.45) is -1.30. The molecular weight excluding hydrogens is 545 g/mol. The van der Waals surface area contributed by atoms with Gasteiger partial charge in [0.25, 0.3) is 5.56 Å². The molecule has 1 aliphatic carbocycles. The van der Waals surface area contributed by atoms with E-state index in [2.05, 4.69) is 35.9 Å². The Balaban J connectivity index is 1.35. The number of carbonyl (C=O) groups excluding carboxylic acids is 1. The maximum absolute atomic E-state index is 13.3. The molecule has 1 amide bonds. The number of aromatic nitrogens is 2. The van der Waals surface area contributed by atoms with Crippen LogP contribution in [0.1, 0.15) is 19.3 Å². The van der Waals surface area contributed by atoms with Gasteiger partial charge in [0.05, 0.1) is 34.5 Å². The standard InChI is InChI=1S/C24H20BrF3N4O4/c25-13-1-3-17-18(7-13)29-12-32(21(17)33)14-2-4-20(36-24(26,27)28)19(8-14)30-22(34)23(5-6-23)31-10-15-9-16(11-31)35-15/h1-4,7-8,12,15-16H,5-6,9-11H2,(H,30,34). The second-order valence-electron chi connectivity index (χ2n) is 9.32. The van der Waals surface area contributed by atoms with E-state index in [0.29, 0.717) is 36.8 Å². The second-order valence-corrected chi connectivity index (χ2v) is 10.2. The van der Waals surface area contributed by atoms with Gasteiger partial charge in [-0.2, -0.15) is 0 Å². The lowest BCUT2D eigenvalue weighted by Gasteiger charge is -2.49. The first kappa shape index (κ1) is 23.4. The number of piperidine rings is 1. The number of hydrogen-bond donors (Lipinski definition) is 1. The van der Waals surface area contributed by atoms with Gasteiger partial charge in [-0.25, -0.2) is 4.98 Å². The Labute approximate surface area is 211 Å². The summed E-state index contributed by atoms with van der Waals surface area (Å²) >= 11 is 3.33. The van der Waals surface area contributed by atoms with Crippen molar-refractivity contribution in [3.63, 3.8) is 0 Å². The fourth-order valence-electron chi connectivity index (χ4n) is 5.01. The average Bonchev–Trinajstić information content (AvgIpc) is 3.62. The molecule has 4 fully saturated rings. The first-order chi connectivity index (χ1) is 17.1. The quantitative estimate of drug-likeness (QED) is 0.504. The summed E-state index contributed by atoms with van der Waals surface area (Å²) in [4.78, 5) is 32.8. The van der Waals surface area contributed by atoms with Gasteiger partial charge in [0.2, 0.25) is 5.91 Å². The van der Waals surface area contributed by atoms with Gasteiger partial charge in [-0.15, -0.1) is 13.2 Å². The number of alkyl halides is 3. The number of halogens is 4. The molecule has 2 atom stereocenters. The molecule has 36 heavy (non-hydrogen) atoms. The number of nitrogens with zero attached hydrogens (tertiary/aromatic N) is 3. The van der Waals surface area contributed by atoms with Gasteiger partial charge in [0.15, 0.2) is 5.75 Å². The molecule has 2 bridgehead atoms. The number of benzene rings is 2. The third-order valence-corrected chi connectivity index (χ3v) is 7.44. The number of anilines is 1. The molecule has 7 rings (SSSR count). The number of carbonyl (C=O) groups is 1. The third kappa shape index (κ3) is 4.16. The van der Waals surface area contributed by atoms with E-state index in [4.69, 9.17) is 4.74 Å². The van der Waals surface area contributed by atoms with Crippen molar-refractivity contribution in [2.45, 2.75) is 43.4 Å². The molecule has 3 aromatic rings. The van der Waals surface area contributed by atoms with Gasteiger partial charge >= 0.3 is 6.36 Å². The van der Waals surface area contributed by atoms with Gasteiger partial charge in [-0.3, -0.25) is 19.1 Å². The number of rotatable bonds is 5. The van der Waals surface area contributed by atoms with Crippen molar-refractivity contribution < 1.29 is 27.4 Å². The minimum atomic E-state index is -4.96. The topological polar surface area (TPSA) is 85.7 Å². The molecule has 0 radical (unpaired) electrons. The lowest BCUT2D eigenvalue weighted by Crippen LogP contribution is -2.62. The Morgan fingerprint density at radius 3 is 2.56 bits per heavy atom. The van der Waals surface area contributed by atoms with Crippen LogP contribution in [0.4, 0.5) is 18.9 Å². The number of fused-ring (bicyclic) bond motifs is 3. The van der Waals surface area contributed by atoms with Crippen LogP contribution in [-0.4, -0.2) is 57.6 Å². The summed E-state index contributed by atoms with van der Waals surface area (Å²) in [5.41, 5.74) is -0.654. The Kier molecular flexibility index (Phi) is 5.39. The molecule has 8 nitrogen and oxygen atoms in total. The zero-order valence-corrected chi connectivity index (χ0v) is 20.3. The number of morpholine rings is 1. The van der Waals surface area contributed by atoms with Crippen LogP contribution in [0.25, 0.3) is 16.6 Å². The number of nitrogens with one attached hydrogen (secondary N) is 1. The molecule has 12 heteroatoms. The molecule has 1 aromatic heterocycles. The Bertz CT molecular complexity index is 1420. The van der Waals surface area contributed by atoms with E-state index < -0.39 is 29.1 Å². The van der Waals surface area contributed by atoms with E-state index in [1.807, 2.05) is 0 Å². The van der Waals surface area contributed by atoms with E-state index in [-0.39, 0.29) is 23.6 Å². The fourth-order valence-corrected chi connectivity index (χ4v) is 5.36. The van der Waals surface area contributed by atoms with Crippen molar-refractivity contribution in [1.82, 2.24) is 14.5 Å². The highest BCUT2D eigenvalue weighted by Crippen LogP contribution is 2.47. The molecule has 4 aliphatic rings. The molecule has 1 saturated carbocycles. The Morgan fingerprint density at radius 2 is 1.89 bits per heavy atom. The number of amides is 1. The summed E-state index contributed by atoms with van der Waals surface area (Å²) < 4.78 is 51.1. The molecule has 3 saturated heterocycles. The Hall–Kier alpha value is -2.96. The predicted octanol–water partition coefficient (Wildman–Crippen LogP) is 3.99. The molecule has 2 unspecified atom stereocenters. The maximum atomic E-state index is 13.3. The van der Waals surface area contributed by atoms with Crippen LogP contribution in [-0.2, 0) is 9.53 Å². The van der Waals surface area contributed by atoms with Crippen LogP contribution in [0.3, 0.4) is 0 Å². The van der Waals surface area contributed by atoms with Gasteiger partial charge < -0.3 is 14.8 Å². The molecule has 3 aliphatic heterocycles. The smallest absolute Gasteiger partial charge is 0.404 e. The molecule has 1 N–H and O–H groups in total. The first-order valence-electron chi connectivity index (χ1n) is 11.4. The second kappa shape index (κ2) is 8.29. The number of ether oxygens (including phenoxy) is 2. The summed E-state index contributed by atoms with van der Waals surface area (Å²) in [7, 11) is 0. The largest absolute Gasteiger partial charge is 0.573 e. The van der Waals surface area contributed by atoms with E-state index >= 15 is 0 Å². The van der Waals surface area contributed by atoms with Crippen LogP contribution in [0.2, 0.25) is 0 Å². The van der Waals surface area contributed by atoms with Crippen molar-refractivity contribution >= 4 is 38.4 Å². The van der Waals surface area contributed by atoms with Gasteiger partial charge in [-0.1, -0.05) is 15.9 Å². The third-order valence-electron chi connectivity index (χ3n) is 6.95. The fraction of sp³-hybridized carbons (Fsp3) is 0.375. The summed E-state index contributed by atoms with van der Waals surface area (Å²) in [5.74, 6) is -0.965. The predicted molar refractivity (Wildman–Crippen MR) is 127 cm³/mol. The summed E-state index contributed by atoms with van der Waals surface area (Å²) in [6.45, 7) is 1.23. The monoisotopic (exact) mass is 564 g/mol. The molecule has 2 aromatic carbocycles. The van der Waals surface area contributed by atoms with Crippen molar-refractivity contribution in [2.24, 2.45) is 0 Å². The van der Waals surface area contributed by atoms with Crippen LogP contribution < -0.4 is 15.6 Å². The minimum Gasteiger partial charge on any atom is -0.404 e. The highest BCUT2D eigenvalue weighted by molar-refractivity contribution is 9.10. The highest BCUT2D eigenvalue weighted by Gasteiger charge is 2.58.